The molecule has 0 amide bonds. The average Bonchev–Trinajstić information content (AvgIpc) is 2.86. The minimum Gasteiger partial charge on any atom is -0.489 e. The zero-order valence-corrected chi connectivity index (χ0v) is 12.2. The number of methoxy groups -OCH3 is 1. The first-order valence-corrected chi connectivity index (χ1v) is 6.99. The van der Waals surface area contributed by atoms with Crippen LogP contribution >= 0.6 is 0 Å². The number of hydrogen-bond donors (Lipinski definition) is 0. The maximum Gasteiger partial charge on any atom is 0.343 e. The summed E-state index contributed by atoms with van der Waals surface area (Å²) in [4.78, 5) is 16.4. The van der Waals surface area contributed by atoms with Crippen molar-refractivity contribution in [2.45, 2.75) is 25.9 Å². The van der Waals surface area contributed by atoms with Gasteiger partial charge in [-0.05, 0) is 6.92 Å². The van der Waals surface area contributed by atoms with Gasteiger partial charge in [0.25, 0.3) is 0 Å². The van der Waals surface area contributed by atoms with Gasteiger partial charge in [0.1, 0.15) is 23.1 Å². The summed E-state index contributed by atoms with van der Waals surface area (Å²) in [5.74, 6) is 0.108. The summed E-state index contributed by atoms with van der Waals surface area (Å²) < 4.78 is 18.0. The number of hydrogen-bond acceptors (Lipinski definition) is 5. The van der Waals surface area contributed by atoms with Crippen LogP contribution < -0.4 is 4.74 Å². The Labute approximate surface area is 122 Å². The van der Waals surface area contributed by atoms with E-state index in [1.807, 2.05) is 13.1 Å². The van der Waals surface area contributed by atoms with Crippen molar-refractivity contribution >= 4 is 11.6 Å². The number of aryl methyl sites for hydroxylation is 1. The molecule has 3 heterocycles. The molecule has 0 spiro atoms. The van der Waals surface area contributed by atoms with Crippen molar-refractivity contribution < 1.29 is 19.0 Å². The van der Waals surface area contributed by atoms with Gasteiger partial charge >= 0.3 is 5.97 Å². The molecule has 21 heavy (non-hydrogen) atoms. The van der Waals surface area contributed by atoms with Crippen molar-refractivity contribution in [2.75, 3.05) is 20.3 Å². The first-order chi connectivity index (χ1) is 10.2. The third-order valence-corrected chi connectivity index (χ3v) is 3.54. The van der Waals surface area contributed by atoms with Crippen LogP contribution in [0.4, 0.5) is 0 Å². The van der Waals surface area contributed by atoms with Gasteiger partial charge in [0.2, 0.25) is 0 Å². The lowest BCUT2D eigenvalue weighted by molar-refractivity contribution is 0.0246. The lowest BCUT2D eigenvalue weighted by atomic mass is 10.1. The van der Waals surface area contributed by atoms with Gasteiger partial charge in [0.05, 0.1) is 26.0 Å². The van der Waals surface area contributed by atoms with Crippen LogP contribution in [0.25, 0.3) is 5.65 Å². The van der Waals surface area contributed by atoms with Crippen molar-refractivity contribution in [3.05, 3.63) is 29.7 Å². The molecule has 2 aromatic rings. The van der Waals surface area contributed by atoms with Crippen LogP contribution in [0.1, 0.15) is 28.9 Å². The minimum atomic E-state index is -0.412. The van der Waals surface area contributed by atoms with Crippen LogP contribution in [-0.2, 0) is 9.47 Å². The third-order valence-electron chi connectivity index (χ3n) is 3.54. The second-order valence-electron chi connectivity index (χ2n) is 5.12. The number of imidazole rings is 1. The number of nitrogens with zero attached hydrogens (tertiary/aromatic N) is 2. The van der Waals surface area contributed by atoms with Crippen LogP contribution in [-0.4, -0.2) is 41.8 Å². The van der Waals surface area contributed by atoms with E-state index in [2.05, 4.69) is 4.98 Å². The SMILES string of the molecule is COC(=O)c1cn2cc(C)nc2cc1OC1CCOCC1. The molecule has 3 rings (SSSR count). The molecule has 1 saturated heterocycles. The summed E-state index contributed by atoms with van der Waals surface area (Å²) in [5, 5.41) is 0. The summed E-state index contributed by atoms with van der Waals surface area (Å²) >= 11 is 0. The molecule has 0 aliphatic carbocycles. The largest absolute Gasteiger partial charge is 0.489 e. The molecule has 1 aliphatic rings. The smallest absolute Gasteiger partial charge is 0.343 e. The maximum atomic E-state index is 12.0. The Morgan fingerprint density at radius 1 is 1.38 bits per heavy atom. The van der Waals surface area contributed by atoms with E-state index >= 15 is 0 Å². The average molecular weight is 290 g/mol. The van der Waals surface area contributed by atoms with Crippen molar-refractivity contribution in [1.29, 1.82) is 0 Å². The first-order valence-electron chi connectivity index (χ1n) is 6.99. The highest BCUT2D eigenvalue weighted by Crippen LogP contribution is 2.25. The fourth-order valence-electron chi connectivity index (χ4n) is 2.48. The van der Waals surface area contributed by atoms with Gasteiger partial charge in [-0.2, -0.15) is 0 Å². The third kappa shape index (κ3) is 2.85. The predicted molar refractivity (Wildman–Crippen MR) is 75.7 cm³/mol. The van der Waals surface area contributed by atoms with Crippen molar-refractivity contribution in [3.8, 4) is 5.75 Å². The molecule has 6 nitrogen and oxygen atoms in total. The molecule has 0 atom stereocenters. The number of ether oxygens (including phenoxy) is 3. The van der Waals surface area contributed by atoms with Crippen molar-refractivity contribution in [1.82, 2.24) is 9.38 Å². The molecule has 1 aliphatic heterocycles. The fraction of sp³-hybridized carbons (Fsp3) is 0.467. The summed E-state index contributed by atoms with van der Waals surface area (Å²) in [6.07, 6.45) is 5.26. The Morgan fingerprint density at radius 2 is 2.14 bits per heavy atom. The Balaban J connectivity index is 1.98. The number of esters is 1. The van der Waals surface area contributed by atoms with Crippen LogP contribution in [0.15, 0.2) is 18.5 Å². The summed E-state index contributed by atoms with van der Waals surface area (Å²) in [7, 11) is 1.36. The van der Waals surface area contributed by atoms with Crippen LogP contribution in [0, 0.1) is 6.92 Å². The molecule has 0 unspecified atom stereocenters. The number of pyridine rings is 1. The Bertz CT molecular complexity index is 659. The van der Waals surface area contributed by atoms with Crippen LogP contribution in [0.2, 0.25) is 0 Å². The monoisotopic (exact) mass is 290 g/mol. The molecule has 112 valence electrons. The number of rotatable bonds is 3. The lowest BCUT2D eigenvalue weighted by Gasteiger charge is -2.24. The van der Waals surface area contributed by atoms with E-state index in [-0.39, 0.29) is 6.10 Å². The van der Waals surface area contributed by atoms with E-state index in [0.717, 1.165) is 24.2 Å². The van der Waals surface area contributed by atoms with Gasteiger partial charge in [0.15, 0.2) is 0 Å². The molecule has 6 heteroatoms. The molecule has 0 saturated carbocycles. The van der Waals surface area contributed by atoms with Crippen molar-refractivity contribution in [3.63, 3.8) is 0 Å². The number of carbonyl (C=O) groups excluding carboxylic acids is 1. The molecule has 0 aromatic carbocycles. The lowest BCUT2D eigenvalue weighted by Crippen LogP contribution is -2.26. The second kappa shape index (κ2) is 5.73. The second-order valence-corrected chi connectivity index (χ2v) is 5.12. The Kier molecular flexibility index (Phi) is 3.79. The van der Waals surface area contributed by atoms with E-state index in [9.17, 15) is 4.79 Å². The first kappa shape index (κ1) is 13.9. The normalized spacial score (nSPS) is 16.1. The van der Waals surface area contributed by atoms with Gasteiger partial charge in [-0.15, -0.1) is 0 Å². The predicted octanol–water partition coefficient (Wildman–Crippen LogP) is 1.99. The van der Waals surface area contributed by atoms with Gasteiger partial charge in [0, 0.05) is 31.3 Å². The highest BCUT2D eigenvalue weighted by atomic mass is 16.5. The van der Waals surface area contributed by atoms with Gasteiger partial charge in [-0.3, -0.25) is 0 Å². The van der Waals surface area contributed by atoms with Crippen molar-refractivity contribution in [2.24, 2.45) is 0 Å². The van der Waals surface area contributed by atoms with E-state index in [0.29, 0.717) is 24.5 Å². The molecule has 0 radical (unpaired) electrons. The molecular formula is C15H18N2O4. The van der Waals surface area contributed by atoms with Crippen LogP contribution in [0.3, 0.4) is 0 Å². The topological polar surface area (TPSA) is 62.1 Å². The van der Waals surface area contributed by atoms with Gasteiger partial charge in [-0.1, -0.05) is 0 Å². The summed E-state index contributed by atoms with van der Waals surface area (Å²) in [6, 6.07) is 1.79. The zero-order chi connectivity index (χ0) is 14.8. The highest BCUT2D eigenvalue weighted by molar-refractivity contribution is 5.92. The summed E-state index contributed by atoms with van der Waals surface area (Å²) in [6.45, 7) is 3.27. The minimum absolute atomic E-state index is 0.0562. The van der Waals surface area contributed by atoms with Crippen LogP contribution in [0.5, 0.6) is 5.75 Å². The molecule has 0 bridgehead atoms. The van der Waals surface area contributed by atoms with Gasteiger partial charge in [-0.25, -0.2) is 9.78 Å². The van der Waals surface area contributed by atoms with E-state index in [1.54, 1.807) is 16.7 Å². The standard InChI is InChI=1S/C15H18N2O4/c1-10-8-17-9-12(15(18)19-2)13(7-14(17)16-10)21-11-3-5-20-6-4-11/h7-9,11H,3-6H2,1-2H3. The van der Waals surface area contributed by atoms with E-state index in [1.165, 1.54) is 7.11 Å². The molecular weight excluding hydrogens is 272 g/mol. The molecule has 1 fully saturated rings. The quantitative estimate of drug-likeness (QED) is 0.809. The molecule has 0 N–H and O–H groups in total. The van der Waals surface area contributed by atoms with Gasteiger partial charge < -0.3 is 18.6 Å². The number of fused-ring (bicyclic) bond motifs is 1. The van der Waals surface area contributed by atoms with E-state index < -0.39 is 5.97 Å². The highest BCUT2D eigenvalue weighted by Gasteiger charge is 2.21. The number of aromatic nitrogens is 2. The molecule has 2 aromatic heterocycles. The Morgan fingerprint density at radius 3 is 2.86 bits per heavy atom. The fourth-order valence-corrected chi connectivity index (χ4v) is 2.48. The van der Waals surface area contributed by atoms with E-state index in [4.69, 9.17) is 14.2 Å². The Hall–Kier alpha value is -2.08. The zero-order valence-electron chi connectivity index (χ0n) is 12.2. The number of carbonyl (C=O) groups is 1. The summed E-state index contributed by atoms with van der Waals surface area (Å²) in [5.41, 5.74) is 2.05. The maximum absolute atomic E-state index is 12.0.